The Bertz CT molecular complexity index is 407. The molecule has 1 rings (SSSR count). The molecule has 1 N–H and O–H groups in total. The average molecular weight is 277 g/mol. The molecular formula is C17H27NO2. The maximum absolute atomic E-state index is 11.8. The third-order valence-electron chi connectivity index (χ3n) is 3.44. The molecule has 0 aliphatic carbocycles. The number of anilines is 1. The van der Waals surface area contributed by atoms with Gasteiger partial charge in [0.2, 0.25) is 0 Å². The monoisotopic (exact) mass is 277 g/mol. The van der Waals surface area contributed by atoms with Crippen molar-refractivity contribution in [1.82, 2.24) is 0 Å². The molecule has 1 unspecified atom stereocenters. The third-order valence-corrected chi connectivity index (χ3v) is 3.44. The number of carbonyl (C=O) groups excluding carboxylic acids is 1. The van der Waals surface area contributed by atoms with Crippen molar-refractivity contribution >= 4 is 11.7 Å². The van der Waals surface area contributed by atoms with E-state index in [0.29, 0.717) is 0 Å². The summed E-state index contributed by atoms with van der Waals surface area (Å²) < 4.78 is 5.36. The summed E-state index contributed by atoms with van der Waals surface area (Å²) in [6.07, 6.45) is 3.86. The maximum Gasteiger partial charge on any atom is 0.325 e. The summed E-state index contributed by atoms with van der Waals surface area (Å²) in [6.45, 7) is 8.52. The lowest BCUT2D eigenvalue weighted by molar-refractivity contribution is -0.146. The van der Waals surface area contributed by atoms with Gasteiger partial charge in [0.15, 0.2) is 0 Å². The van der Waals surface area contributed by atoms with E-state index in [1.54, 1.807) is 0 Å². The van der Waals surface area contributed by atoms with Gasteiger partial charge in [-0.2, -0.15) is 0 Å². The second kappa shape index (κ2) is 8.62. The summed E-state index contributed by atoms with van der Waals surface area (Å²) in [5, 5.41) is 3.26. The molecule has 0 fully saturated rings. The molecule has 0 spiro atoms. The lowest BCUT2D eigenvalue weighted by Crippen LogP contribution is -2.22. The van der Waals surface area contributed by atoms with E-state index in [1.165, 1.54) is 11.1 Å². The van der Waals surface area contributed by atoms with Crippen molar-refractivity contribution in [2.75, 3.05) is 11.9 Å². The number of nitrogens with one attached hydrogen (secondary N) is 1. The summed E-state index contributed by atoms with van der Waals surface area (Å²) in [4.78, 5) is 11.8. The normalized spacial score (nSPS) is 12.0. The molecule has 0 radical (unpaired) electrons. The molecule has 3 nitrogen and oxygen atoms in total. The molecule has 1 atom stereocenters. The highest BCUT2D eigenvalue weighted by Crippen LogP contribution is 2.22. The Morgan fingerprint density at radius 3 is 2.30 bits per heavy atom. The van der Waals surface area contributed by atoms with Gasteiger partial charge in [-0.25, -0.2) is 0 Å². The highest BCUT2D eigenvalue weighted by molar-refractivity contribution is 5.76. The van der Waals surface area contributed by atoms with Crippen molar-refractivity contribution < 1.29 is 9.53 Å². The molecule has 0 aliphatic rings. The smallest absolute Gasteiger partial charge is 0.325 e. The zero-order chi connectivity index (χ0) is 15.0. The number of ether oxygens (including phenoxy) is 1. The fraction of sp³-hybridized carbons (Fsp3) is 0.588. The highest BCUT2D eigenvalue weighted by Gasteiger charge is 2.11. The van der Waals surface area contributed by atoms with E-state index in [0.717, 1.165) is 31.4 Å². The van der Waals surface area contributed by atoms with E-state index in [-0.39, 0.29) is 18.6 Å². The van der Waals surface area contributed by atoms with Crippen molar-refractivity contribution in [3.8, 4) is 0 Å². The van der Waals surface area contributed by atoms with Gasteiger partial charge in [-0.15, -0.1) is 0 Å². The van der Waals surface area contributed by atoms with Crippen molar-refractivity contribution in [3.05, 3.63) is 29.3 Å². The van der Waals surface area contributed by atoms with Crippen LogP contribution in [0.1, 0.15) is 51.7 Å². The van der Waals surface area contributed by atoms with Gasteiger partial charge in [-0.1, -0.05) is 45.4 Å². The molecular weight excluding hydrogens is 250 g/mol. The molecule has 3 heteroatoms. The van der Waals surface area contributed by atoms with Crippen LogP contribution >= 0.6 is 0 Å². The van der Waals surface area contributed by atoms with Gasteiger partial charge >= 0.3 is 5.97 Å². The fourth-order valence-electron chi connectivity index (χ4n) is 2.36. The molecule has 0 saturated heterocycles. The number of carbonyl (C=O) groups is 1. The van der Waals surface area contributed by atoms with E-state index in [1.807, 2.05) is 6.92 Å². The number of rotatable bonds is 8. The molecule has 1 aromatic carbocycles. The molecule has 0 bridgehead atoms. The first-order valence-corrected chi connectivity index (χ1v) is 7.66. The van der Waals surface area contributed by atoms with Crippen molar-refractivity contribution in [2.45, 2.75) is 59.5 Å². The Labute approximate surface area is 122 Å². The second-order valence-electron chi connectivity index (χ2n) is 5.10. The standard InChI is InChI=1S/C17H27NO2/c1-5-9-13(4)20-16(19)12-18-17-14(6-2)10-8-11-15(17)7-3/h8,10-11,13,18H,5-7,9,12H2,1-4H3. The van der Waals surface area contributed by atoms with Crippen LogP contribution in [-0.4, -0.2) is 18.6 Å². The van der Waals surface area contributed by atoms with Gasteiger partial charge in [0.1, 0.15) is 6.54 Å². The number of benzene rings is 1. The number of hydrogen-bond acceptors (Lipinski definition) is 3. The molecule has 0 aromatic heterocycles. The van der Waals surface area contributed by atoms with E-state index in [2.05, 4.69) is 44.3 Å². The van der Waals surface area contributed by atoms with E-state index < -0.39 is 0 Å². The van der Waals surface area contributed by atoms with Crippen LogP contribution in [0.25, 0.3) is 0 Å². The van der Waals surface area contributed by atoms with Crippen LogP contribution in [0.4, 0.5) is 5.69 Å². The highest BCUT2D eigenvalue weighted by atomic mass is 16.5. The Balaban J connectivity index is 2.63. The minimum absolute atomic E-state index is 0.00126. The predicted molar refractivity (Wildman–Crippen MR) is 84.1 cm³/mol. The molecule has 1 aromatic rings. The zero-order valence-electron chi connectivity index (χ0n) is 13.2. The Kier molecular flexibility index (Phi) is 7.13. The number of hydrogen-bond donors (Lipinski definition) is 1. The SMILES string of the molecule is CCCC(C)OC(=O)CNc1c(CC)cccc1CC. The van der Waals surface area contributed by atoms with Crippen LogP contribution in [0, 0.1) is 0 Å². The van der Waals surface area contributed by atoms with Crippen LogP contribution in [0.5, 0.6) is 0 Å². The quantitative estimate of drug-likeness (QED) is 0.731. The third kappa shape index (κ3) is 4.87. The van der Waals surface area contributed by atoms with Crippen molar-refractivity contribution in [3.63, 3.8) is 0 Å². The number of aryl methyl sites for hydroxylation is 2. The lowest BCUT2D eigenvalue weighted by atomic mass is 10.0. The lowest BCUT2D eigenvalue weighted by Gasteiger charge is -2.16. The maximum atomic E-state index is 11.8. The van der Waals surface area contributed by atoms with Crippen molar-refractivity contribution in [2.24, 2.45) is 0 Å². The average Bonchev–Trinajstić information content (AvgIpc) is 2.44. The minimum atomic E-state index is -0.182. The van der Waals surface area contributed by atoms with E-state index in [4.69, 9.17) is 4.74 Å². The molecule has 0 amide bonds. The largest absolute Gasteiger partial charge is 0.461 e. The Hall–Kier alpha value is -1.51. The van der Waals surface area contributed by atoms with Crippen LogP contribution in [0.15, 0.2) is 18.2 Å². The van der Waals surface area contributed by atoms with Crippen LogP contribution < -0.4 is 5.32 Å². The van der Waals surface area contributed by atoms with Crippen LogP contribution in [-0.2, 0) is 22.4 Å². The van der Waals surface area contributed by atoms with Crippen LogP contribution in [0.3, 0.4) is 0 Å². The summed E-state index contributed by atoms with van der Waals surface area (Å²) in [6, 6.07) is 6.28. The first-order chi connectivity index (χ1) is 9.62. The van der Waals surface area contributed by atoms with Crippen molar-refractivity contribution in [1.29, 1.82) is 0 Å². The first kappa shape index (κ1) is 16.5. The zero-order valence-corrected chi connectivity index (χ0v) is 13.2. The minimum Gasteiger partial charge on any atom is -0.461 e. The van der Waals surface area contributed by atoms with E-state index in [9.17, 15) is 4.79 Å². The van der Waals surface area contributed by atoms with Gasteiger partial charge < -0.3 is 10.1 Å². The molecule has 0 saturated carbocycles. The number of esters is 1. The Morgan fingerprint density at radius 1 is 1.20 bits per heavy atom. The van der Waals surface area contributed by atoms with E-state index >= 15 is 0 Å². The molecule has 0 aliphatic heterocycles. The summed E-state index contributed by atoms with van der Waals surface area (Å²) in [5.41, 5.74) is 3.59. The summed E-state index contributed by atoms with van der Waals surface area (Å²) in [7, 11) is 0. The predicted octanol–water partition coefficient (Wildman–Crippen LogP) is 3.96. The van der Waals surface area contributed by atoms with Gasteiger partial charge in [0, 0.05) is 5.69 Å². The van der Waals surface area contributed by atoms with Gasteiger partial charge in [0.05, 0.1) is 6.10 Å². The second-order valence-corrected chi connectivity index (χ2v) is 5.10. The van der Waals surface area contributed by atoms with Gasteiger partial charge in [-0.05, 0) is 37.3 Å². The summed E-state index contributed by atoms with van der Waals surface area (Å²) in [5.74, 6) is -0.182. The molecule has 112 valence electrons. The summed E-state index contributed by atoms with van der Waals surface area (Å²) >= 11 is 0. The van der Waals surface area contributed by atoms with Crippen LogP contribution in [0.2, 0.25) is 0 Å². The van der Waals surface area contributed by atoms with Gasteiger partial charge in [0.25, 0.3) is 0 Å². The Morgan fingerprint density at radius 2 is 1.80 bits per heavy atom. The molecule has 20 heavy (non-hydrogen) atoms. The number of para-hydroxylation sites is 1. The topological polar surface area (TPSA) is 38.3 Å². The van der Waals surface area contributed by atoms with Gasteiger partial charge in [-0.3, -0.25) is 4.79 Å². The fourth-order valence-corrected chi connectivity index (χ4v) is 2.36. The molecule has 0 heterocycles. The first-order valence-electron chi connectivity index (χ1n) is 7.66.